The van der Waals surface area contributed by atoms with E-state index >= 15 is 0 Å². The Morgan fingerprint density at radius 3 is 2.07 bits per heavy atom. The largest absolute Gasteiger partial charge is 0.350 e. The molecule has 4 heteroatoms. The van der Waals surface area contributed by atoms with Gasteiger partial charge in [0.1, 0.15) is 0 Å². The number of hydrogen-bond acceptors (Lipinski definition) is 3. The molecule has 1 amide bonds. The van der Waals surface area contributed by atoms with Crippen LogP contribution in [0.5, 0.6) is 0 Å². The molecule has 30 heavy (non-hydrogen) atoms. The minimum atomic E-state index is -0.383. The van der Waals surface area contributed by atoms with E-state index in [0.29, 0.717) is 12.3 Å². The second-order valence-electron chi connectivity index (χ2n) is 9.19. The summed E-state index contributed by atoms with van der Waals surface area (Å²) in [6.45, 7) is 14.4. The Morgan fingerprint density at radius 2 is 1.47 bits per heavy atom. The summed E-state index contributed by atoms with van der Waals surface area (Å²) < 4.78 is 12.1. The molecule has 0 saturated carbocycles. The zero-order chi connectivity index (χ0) is 22.3. The topological polar surface area (TPSA) is 47.6 Å². The van der Waals surface area contributed by atoms with Crippen LogP contribution in [0.2, 0.25) is 0 Å². The first-order valence-corrected chi connectivity index (χ1v) is 11.2. The van der Waals surface area contributed by atoms with Crippen molar-refractivity contribution in [3.05, 3.63) is 48.0 Å². The molecule has 0 spiro atoms. The summed E-state index contributed by atoms with van der Waals surface area (Å²) in [7, 11) is 0. The molecule has 2 rings (SSSR count). The van der Waals surface area contributed by atoms with E-state index < -0.39 is 0 Å². The molecule has 2 aromatic carbocycles. The van der Waals surface area contributed by atoms with Crippen molar-refractivity contribution in [2.45, 2.75) is 85.8 Å². The molecular weight excluding hydrogens is 374 g/mol. The predicted octanol–water partition coefficient (Wildman–Crippen LogP) is 6.25. The van der Waals surface area contributed by atoms with E-state index in [4.69, 9.17) is 9.47 Å². The number of carbonyl (C=O) groups excluding carboxylic acids is 1. The first kappa shape index (κ1) is 24.4. The maximum atomic E-state index is 13.0. The summed E-state index contributed by atoms with van der Waals surface area (Å²) in [6, 6.07) is 14.4. The summed E-state index contributed by atoms with van der Waals surface area (Å²) >= 11 is 0. The number of hydrogen-bond donors (Lipinski definition) is 1. The maximum Gasteiger partial charge on any atom is 0.220 e. The zero-order valence-electron chi connectivity index (χ0n) is 19.6. The Kier molecular flexibility index (Phi) is 9.32. The van der Waals surface area contributed by atoms with Crippen LogP contribution in [0, 0.1) is 11.8 Å². The Bertz CT molecular complexity index is 784. The normalized spacial score (nSPS) is 14.1. The average Bonchev–Trinajstić information content (AvgIpc) is 2.65. The van der Waals surface area contributed by atoms with Crippen LogP contribution < -0.4 is 5.32 Å². The molecule has 0 saturated heterocycles. The van der Waals surface area contributed by atoms with Gasteiger partial charge in [0.25, 0.3) is 0 Å². The highest BCUT2D eigenvalue weighted by Crippen LogP contribution is 2.27. The number of rotatable bonds is 11. The number of nitrogens with one attached hydrogen (secondary N) is 1. The van der Waals surface area contributed by atoms with E-state index in [1.807, 2.05) is 52.8 Å². The minimum absolute atomic E-state index is 0.00881. The highest BCUT2D eigenvalue weighted by atomic mass is 16.7. The molecule has 0 fully saturated rings. The monoisotopic (exact) mass is 413 g/mol. The lowest BCUT2D eigenvalue weighted by atomic mass is 9.92. The van der Waals surface area contributed by atoms with Gasteiger partial charge >= 0.3 is 0 Å². The summed E-state index contributed by atoms with van der Waals surface area (Å²) in [5.74, 6) is 0.493. The van der Waals surface area contributed by atoms with E-state index in [1.165, 1.54) is 10.8 Å². The quantitative estimate of drug-likeness (QED) is 0.443. The van der Waals surface area contributed by atoms with Gasteiger partial charge in [-0.1, -0.05) is 56.3 Å². The van der Waals surface area contributed by atoms with Crippen molar-refractivity contribution in [3.8, 4) is 0 Å². The van der Waals surface area contributed by atoms with Gasteiger partial charge in [0.15, 0.2) is 6.29 Å². The zero-order valence-corrected chi connectivity index (χ0v) is 19.6. The minimum Gasteiger partial charge on any atom is -0.350 e. The predicted molar refractivity (Wildman–Crippen MR) is 124 cm³/mol. The van der Waals surface area contributed by atoms with E-state index in [0.717, 1.165) is 12.0 Å². The third-order valence-corrected chi connectivity index (χ3v) is 5.09. The lowest BCUT2D eigenvalue weighted by Crippen LogP contribution is -2.37. The molecule has 0 aromatic heterocycles. The second kappa shape index (κ2) is 11.5. The molecule has 0 bridgehead atoms. The fraction of sp³-hybridized carbons (Fsp3) is 0.577. The van der Waals surface area contributed by atoms with E-state index in [1.54, 1.807) is 0 Å². The molecule has 0 aliphatic carbocycles. The van der Waals surface area contributed by atoms with Crippen LogP contribution >= 0.6 is 0 Å². The number of benzene rings is 2. The van der Waals surface area contributed by atoms with Crippen molar-refractivity contribution in [3.63, 3.8) is 0 Å². The van der Waals surface area contributed by atoms with Crippen LogP contribution in [-0.4, -0.2) is 24.4 Å². The van der Waals surface area contributed by atoms with Crippen LogP contribution in [-0.2, 0) is 14.3 Å². The highest BCUT2D eigenvalue weighted by Gasteiger charge is 2.29. The van der Waals surface area contributed by atoms with Crippen molar-refractivity contribution in [1.29, 1.82) is 0 Å². The van der Waals surface area contributed by atoms with Crippen molar-refractivity contribution < 1.29 is 14.3 Å². The molecule has 166 valence electrons. The third kappa shape index (κ3) is 7.41. The molecule has 4 nitrogen and oxygen atoms in total. The SMILES string of the molecule is CC(C)CC(CC(=O)N[C@H](C)c1cccc2ccccc12)C(OC(C)C)OC(C)C. The van der Waals surface area contributed by atoms with Crippen molar-refractivity contribution >= 4 is 16.7 Å². The van der Waals surface area contributed by atoms with Gasteiger partial charge in [0.05, 0.1) is 18.2 Å². The van der Waals surface area contributed by atoms with Gasteiger partial charge in [-0.05, 0) is 63.3 Å². The first-order valence-electron chi connectivity index (χ1n) is 11.2. The van der Waals surface area contributed by atoms with E-state index in [9.17, 15) is 4.79 Å². The van der Waals surface area contributed by atoms with Crippen molar-refractivity contribution in [2.24, 2.45) is 11.8 Å². The van der Waals surface area contributed by atoms with Crippen LogP contribution in [0.15, 0.2) is 42.5 Å². The molecule has 0 aliphatic rings. The molecule has 1 N–H and O–H groups in total. The third-order valence-electron chi connectivity index (χ3n) is 5.09. The van der Waals surface area contributed by atoms with Crippen LogP contribution in [0.1, 0.15) is 72.9 Å². The van der Waals surface area contributed by atoms with Crippen LogP contribution in [0.25, 0.3) is 10.8 Å². The summed E-state index contributed by atoms with van der Waals surface area (Å²) in [5, 5.41) is 5.56. The van der Waals surface area contributed by atoms with Gasteiger partial charge < -0.3 is 14.8 Å². The first-order chi connectivity index (χ1) is 14.2. The lowest BCUT2D eigenvalue weighted by Gasteiger charge is -2.31. The van der Waals surface area contributed by atoms with Gasteiger partial charge in [0, 0.05) is 12.3 Å². The van der Waals surface area contributed by atoms with E-state index in [2.05, 4.69) is 43.4 Å². The molecule has 2 atom stereocenters. The standard InChI is InChI=1S/C26H39NO3/c1-17(2)15-22(26(29-18(3)4)30-19(5)6)16-25(28)27-20(7)23-14-10-12-21-11-8-9-13-24(21)23/h8-14,17-20,22,26H,15-16H2,1-7H3,(H,27,28)/t20-,22?/m1/s1. The second-order valence-corrected chi connectivity index (χ2v) is 9.19. The molecule has 0 aliphatic heterocycles. The van der Waals surface area contributed by atoms with Gasteiger partial charge in [-0.3, -0.25) is 4.79 Å². The summed E-state index contributed by atoms with van der Waals surface area (Å²) in [4.78, 5) is 13.0. The summed E-state index contributed by atoms with van der Waals surface area (Å²) in [6.07, 6.45) is 0.963. The number of amides is 1. The van der Waals surface area contributed by atoms with Crippen LogP contribution in [0.4, 0.5) is 0 Å². The fourth-order valence-corrected chi connectivity index (χ4v) is 3.93. The molecule has 0 heterocycles. The Morgan fingerprint density at radius 1 is 0.867 bits per heavy atom. The highest BCUT2D eigenvalue weighted by molar-refractivity contribution is 5.86. The lowest BCUT2D eigenvalue weighted by molar-refractivity contribution is -0.211. The molecule has 1 unspecified atom stereocenters. The average molecular weight is 414 g/mol. The fourth-order valence-electron chi connectivity index (χ4n) is 3.93. The summed E-state index contributed by atoms with van der Waals surface area (Å²) in [5.41, 5.74) is 1.13. The molecule has 0 radical (unpaired) electrons. The molecule has 2 aromatic rings. The Balaban J connectivity index is 2.13. The van der Waals surface area contributed by atoms with Gasteiger partial charge in [-0.15, -0.1) is 0 Å². The van der Waals surface area contributed by atoms with Gasteiger partial charge in [-0.25, -0.2) is 0 Å². The Labute approximate surface area is 182 Å². The number of fused-ring (bicyclic) bond motifs is 1. The molecular formula is C26H39NO3. The Hall–Kier alpha value is -1.91. The number of ether oxygens (including phenoxy) is 2. The van der Waals surface area contributed by atoms with Crippen molar-refractivity contribution in [2.75, 3.05) is 0 Å². The van der Waals surface area contributed by atoms with Crippen molar-refractivity contribution in [1.82, 2.24) is 5.32 Å². The smallest absolute Gasteiger partial charge is 0.220 e. The maximum absolute atomic E-state index is 13.0. The number of carbonyl (C=O) groups is 1. The van der Waals surface area contributed by atoms with Gasteiger partial charge in [-0.2, -0.15) is 0 Å². The van der Waals surface area contributed by atoms with Crippen LogP contribution in [0.3, 0.4) is 0 Å². The van der Waals surface area contributed by atoms with Gasteiger partial charge in [0.2, 0.25) is 5.91 Å². The van der Waals surface area contributed by atoms with E-state index in [-0.39, 0.29) is 36.4 Å².